The maximum absolute atomic E-state index is 12.2. The molecule has 19 heavy (non-hydrogen) atoms. The van der Waals surface area contributed by atoms with E-state index in [1.165, 1.54) is 12.8 Å². The standard InChI is InChI=1S/C12H18BrN3O2S/c1-14-12-11(7-10(13)8-15-12)19(17,18)16-6-2-3-9-4-5-9/h7-9,16H,2-6H2,1H3,(H,14,15). The van der Waals surface area contributed by atoms with Crippen molar-refractivity contribution < 1.29 is 8.42 Å². The van der Waals surface area contributed by atoms with Crippen LogP contribution in [0.15, 0.2) is 21.6 Å². The van der Waals surface area contributed by atoms with Crippen molar-refractivity contribution in [2.75, 3.05) is 18.9 Å². The van der Waals surface area contributed by atoms with Gasteiger partial charge in [-0.05, 0) is 40.8 Å². The first-order valence-electron chi connectivity index (χ1n) is 6.36. The number of pyridine rings is 1. The van der Waals surface area contributed by atoms with Gasteiger partial charge in [-0.2, -0.15) is 0 Å². The summed E-state index contributed by atoms with van der Waals surface area (Å²) in [6, 6.07) is 1.56. The van der Waals surface area contributed by atoms with Crippen LogP contribution in [0.5, 0.6) is 0 Å². The Hall–Kier alpha value is -0.660. The van der Waals surface area contributed by atoms with E-state index in [4.69, 9.17) is 0 Å². The molecule has 0 saturated heterocycles. The molecule has 1 aliphatic rings. The summed E-state index contributed by atoms with van der Waals surface area (Å²) in [5.41, 5.74) is 0. The number of aromatic nitrogens is 1. The fourth-order valence-electron chi connectivity index (χ4n) is 1.89. The molecule has 7 heteroatoms. The summed E-state index contributed by atoms with van der Waals surface area (Å²) in [6.45, 7) is 0.481. The Morgan fingerprint density at radius 2 is 2.21 bits per heavy atom. The molecule has 1 fully saturated rings. The van der Waals surface area contributed by atoms with E-state index in [9.17, 15) is 8.42 Å². The maximum Gasteiger partial charge on any atom is 0.244 e. The van der Waals surface area contributed by atoms with Crippen LogP contribution in [0.3, 0.4) is 0 Å². The summed E-state index contributed by atoms with van der Waals surface area (Å²) < 4.78 is 27.7. The number of anilines is 1. The predicted molar refractivity (Wildman–Crippen MR) is 78.6 cm³/mol. The second-order valence-corrected chi connectivity index (χ2v) is 7.38. The first kappa shape index (κ1) is 14.7. The van der Waals surface area contributed by atoms with Crippen LogP contribution in [-0.2, 0) is 10.0 Å². The molecule has 0 aromatic carbocycles. The highest BCUT2D eigenvalue weighted by Gasteiger charge is 2.22. The van der Waals surface area contributed by atoms with E-state index in [0.29, 0.717) is 16.8 Å². The van der Waals surface area contributed by atoms with Crippen LogP contribution >= 0.6 is 15.9 Å². The Morgan fingerprint density at radius 1 is 1.47 bits per heavy atom. The van der Waals surface area contributed by atoms with Gasteiger partial charge in [-0.25, -0.2) is 18.1 Å². The predicted octanol–water partition coefficient (Wildman–Crippen LogP) is 2.35. The molecule has 0 aliphatic heterocycles. The van der Waals surface area contributed by atoms with Gasteiger partial charge in [-0.15, -0.1) is 0 Å². The number of rotatable bonds is 7. The molecule has 2 rings (SSSR count). The molecule has 106 valence electrons. The van der Waals surface area contributed by atoms with E-state index in [1.54, 1.807) is 19.3 Å². The SMILES string of the molecule is CNc1ncc(Br)cc1S(=O)(=O)NCCCC1CC1. The van der Waals surface area contributed by atoms with Gasteiger partial charge in [0.1, 0.15) is 10.7 Å². The minimum absolute atomic E-state index is 0.177. The molecule has 0 bridgehead atoms. The second kappa shape index (κ2) is 6.19. The molecule has 1 aliphatic carbocycles. The molecular formula is C12H18BrN3O2S. The van der Waals surface area contributed by atoms with Gasteiger partial charge in [-0.1, -0.05) is 12.8 Å². The van der Waals surface area contributed by atoms with Crippen molar-refractivity contribution in [1.29, 1.82) is 0 Å². The number of sulfonamides is 1. The molecule has 0 unspecified atom stereocenters. The number of hydrogen-bond donors (Lipinski definition) is 2. The second-order valence-electron chi connectivity index (χ2n) is 4.73. The van der Waals surface area contributed by atoms with Gasteiger partial charge < -0.3 is 5.32 Å². The van der Waals surface area contributed by atoms with Crippen molar-refractivity contribution in [3.8, 4) is 0 Å². The van der Waals surface area contributed by atoms with E-state index in [2.05, 4.69) is 31.0 Å². The lowest BCUT2D eigenvalue weighted by molar-refractivity contribution is 0.572. The summed E-state index contributed by atoms with van der Waals surface area (Å²) in [7, 11) is -1.85. The zero-order chi connectivity index (χ0) is 13.9. The third kappa shape index (κ3) is 4.15. The summed E-state index contributed by atoms with van der Waals surface area (Å²) in [4.78, 5) is 4.23. The Balaban J connectivity index is 2.02. The van der Waals surface area contributed by atoms with Gasteiger partial charge in [0.2, 0.25) is 10.0 Å². The quantitative estimate of drug-likeness (QED) is 0.742. The fraction of sp³-hybridized carbons (Fsp3) is 0.583. The largest absolute Gasteiger partial charge is 0.372 e. The molecule has 0 spiro atoms. The average molecular weight is 348 g/mol. The van der Waals surface area contributed by atoms with Gasteiger partial charge in [0.05, 0.1) is 0 Å². The van der Waals surface area contributed by atoms with Gasteiger partial charge in [0, 0.05) is 24.3 Å². The van der Waals surface area contributed by atoms with Crippen LogP contribution in [0.25, 0.3) is 0 Å². The first-order valence-corrected chi connectivity index (χ1v) is 8.63. The molecule has 0 amide bonds. The van der Waals surface area contributed by atoms with Crippen LogP contribution in [0.4, 0.5) is 5.82 Å². The van der Waals surface area contributed by atoms with Gasteiger partial charge >= 0.3 is 0 Å². The maximum atomic E-state index is 12.2. The molecule has 1 aromatic heterocycles. The number of nitrogens with one attached hydrogen (secondary N) is 2. The molecule has 5 nitrogen and oxygen atoms in total. The summed E-state index contributed by atoms with van der Waals surface area (Å²) in [5.74, 6) is 1.18. The fourth-order valence-corrected chi connectivity index (χ4v) is 3.64. The van der Waals surface area contributed by atoms with Crippen molar-refractivity contribution in [2.45, 2.75) is 30.6 Å². The van der Waals surface area contributed by atoms with Crippen molar-refractivity contribution in [3.63, 3.8) is 0 Å². The third-order valence-electron chi connectivity index (χ3n) is 3.12. The van der Waals surface area contributed by atoms with Crippen molar-refractivity contribution in [2.24, 2.45) is 5.92 Å². The lowest BCUT2D eigenvalue weighted by atomic mass is 10.2. The number of halogens is 1. The van der Waals surface area contributed by atoms with E-state index >= 15 is 0 Å². The Morgan fingerprint density at radius 3 is 2.84 bits per heavy atom. The van der Waals surface area contributed by atoms with Crippen molar-refractivity contribution in [1.82, 2.24) is 9.71 Å². The highest BCUT2D eigenvalue weighted by molar-refractivity contribution is 9.10. The lowest BCUT2D eigenvalue weighted by Gasteiger charge is -2.10. The molecule has 0 atom stereocenters. The van der Waals surface area contributed by atoms with E-state index in [0.717, 1.165) is 18.8 Å². The van der Waals surface area contributed by atoms with Gasteiger partial charge in [0.25, 0.3) is 0 Å². The van der Waals surface area contributed by atoms with Crippen LogP contribution in [0.2, 0.25) is 0 Å². The molecular weight excluding hydrogens is 330 g/mol. The normalized spacial score (nSPS) is 15.5. The van der Waals surface area contributed by atoms with Crippen molar-refractivity contribution >= 4 is 31.8 Å². The minimum Gasteiger partial charge on any atom is -0.372 e. The van der Waals surface area contributed by atoms with E-state index in [-0.39, 0.29) is 4.90 Å². The summed E-state index contributed by atoms with van der Waals surface area (Å²) >= 11 is 3.24. The Labute approximate surface area is 122 Å². The third-order valence-corrected chi connectivity index (χ3v) is 5.03. The highest BCUT2D eigenvalue weighted by Crippen LogP contribution is 2.33. The van der Waals surface area contributed by atoms with Crippen LogP contribution in [0.1, 0.15) is 25.7 Å². The number of nitrogens with zero attached hydrogens (tertiary/aromatic N) is 1. The molecule has 2 N–H and O–H groups in total. The highest BCUT2D eigenvalue weighted by atomic mass is 79.9. The van der Waals surface area contributed by atoms with Crippen LogP contribution < -0.4 is 10.0 Å². The minimum atomic E-state index is -3.51. The molecule has 1 heterocycles. The van der Waals surface area contributed by atoms with E-state index < -0.39 is 10.0 Å². The number of hydrogen-bond acceptors (Lipinski definition) is 4. The van der Waals surface area contributed by atoms with Crippen LogP contribution in [-0.4, -0.2) is 27.0 Å². The average Bonchev–Trinajstić information content (AvgIpc) is 3.19. The molecule has 1 aromatic rings. The van der Waals surface area contributed by atoms with Gasteiger partial charge in [0.15, 0.2) is 0 Å². The zero-order valence-corrected chi connectivity index (χ0v) is 13.2. The smallest absolute Gasteiger partial charge is 0.244 e. The summed E-state index contributed by atoms with van der Waals surface area (Å²) in [6.07, 6.45) is 6.16. The topological polar surface area (TPSA) is 71.1 Å². The molecule has 0 radical (unpaired) electrons. The van der Waals surface area contributed by atoms with Crippen molar-refractivity contribution in [3.05, 3.63) is 16.7 Å². The van der Waals surface area contributed by atoms with E-state index in [1.807, 2.05) is 0 Å². The lowest BCUT2D eigenvalue weighted by Crippen LogP contribution is -2.26. The molecule has 1 saturated carbocycles. The Bertz CT molecular complexity index is 544. The Kier molecular flexibility index (Phi) is 4.81. The summed E-state index contributed by atoms with van der Waals surface area (Å²) in [5, 5.41) is 2.80. The zero-order valence-electron chi connectivity index (χ0n) is 10.8. The monoisotopic (exact) mass is 347 g/mol. The van der Waals surface area contributed by atoms with Crippen LogP contribution in [0, 0.1) is 5.92 Å². The first-order chi connectivity index (χ1) is 9.03. The van der Waals surface area contributed by atoms with Gasteiger partial charge in [-0.3, -0.25) is 0 Å².